The van der Waals surface area contributed by atoms with E-state index in [0.717, 1.165) is 0 Å². The third-order valence-corrected chi connectivity index (χ3v) is 2.50. The Kier molecular flexibility index (Phi) is 3.65. The van der Waals surface area contributed by atoms with E-state index < -0.39 is 4.92 Å². The molecule has 0 bridgehead atoms. The van der Waals surface area contributed by atoms with Gasteiger partial charge in [0.05, 0.1) is 10.6 Å². The Morgan fingerprint density at radius 3 is 2.67 bits per heavy atom. The molecule has 0 spiro atoms. The van der Waals surface area contributed by atoms with Crippen LogP contribution in [0.15, 0.2) is 16.6 Å². The van der Waals surface area contributed by atoms with Gasteiger partial charge in [0.1, 0.15) is 5.02 Å². The number of nitro groups is 1. The monoisotopic (exact) mass is 292 g/mol. The predicted octanol–water partition coefficient (Wildman–Crippen LogP) is 2.97. The molecule has 0 atom stereocenters. The fourth-order valence-electron chi connectivity index (χ4n) is 0.962. The minimum atomic E-state index is -0.593. The minimum Gasteiger partial charge on any atom is -0.325 e. The van der Waals surface area contributed by atoms with E-state index in [1.165, 1.54) is 19.1 Å². The molecular weight excluding hydrogens is 287 g/mol. The van der Waals surface area contributed by atoms with Gasteiger partial charge >= 0.3 is 0 Å². The van der Waals surface area contributed by atoms with Crippen LogP contribution >= 0.6 is 27.5 Å². The topological polar surface area (TPSA) is 72.2 Å². The van der Waals surface area contributed by atoms with E-state index in [-0.39, 0.29) is 16.6 Å². The van der Waals surface area contributed by atoms with Crippen molar-refractivity contribution in [2.45, 2.75) is 6.92 Å². The number of amides is 1. The number of anilines is 1. The van der Waals surface area contributed by atoms with Crippen LogP contribution in [0.5, 0.6) is 0 Å². The number of carbonyl (C=O) groups excluding carboxylic acids is 1. The van der Waals surface area contributed by atoms with Gasteiger partial charge in [-0.1, -0.05) is 11.6 Å². The second kappa shape index (κ2) is 4.59. The number of benzene rings is 1. The molecule has 15 heavy (non-hydrogen) atoms. The SMILES string of the molecule is CC(=O)Nc1cc(Cl)c([N+](=O)[O-])cc1Br. The highest BCUT2D eigenvalue weighted by Crippen LogP contribution is 2.33. The Labute approximate surface area is 98.7 Å². The summed E-state index contributed by atoms with van der Waals surface area (Å²) in [5, 5.41) is 13.0. The average Bonchev–Trinajstić information content (AvgIpc) is 2.09. The first kappa shape index (κ1) is 11.9. The lowest BCUT2D eigenvalue weighted by atomic mass is 10.3. The second-order valence-electron chi connectivity index (χ2n) is 2.72. The molecule has 0 aliphatic rings. The van der Waals surface area contributed by atoms with Gasteiger partial charge in [0, 0.05) is 17.5 Å². The molecule has 1 amide bonds. The van der Waals surface area contributed by atoms with Crippen molar-refractivity contribution in [2.24, 2.45) is 0 Å². The largest absolute Gasteiger partial charge is 0.325 e. The Hall–Kier alpha value is -1.14. The molecule has 0 saturated heterocycles. The van der Waals surface area contributed by atoms with E-state index in [1.54, 1.807) is 0 Å². The molecule has 0 unspecified atom stereocenters. The smallest absolute Gasteiger partial charge is 0.289 e. The van der Waals surface area contributed by atoms with E-state index in [4.69, 9.17) is 11.6 Å². The third kappa shape index (κ3) is 2.90. The number of nitrogens with one attached hydrogen (secondary N) is 1. The van der Waals surface area contributed by atoms with Crippen LogP contribution in [0.25, 0.3) is 0 Å². The van der Waals surface area contributed by atoms with Crippen molar-refractivity contribution in [1.29, 1.82) is 0 Å². The predicted molar refractivity (Wildman–Crippen MR) is 60.1 cm³/mol. The summed E-state index contributed by atoms with van der Waals surface area (Å²) in [4.78, 5) is 20.7. The molecule has 0 fully saturated rings. The van der Waals surface area contributed by atoms with Crippen LogP contribution in [0.1, 0.15) is 6.92 Å². The zero-order chi connectivity index (χ0) is 11.6. The molecule has 0 aliphatic carbocycles. The van der Waals surface area contributed by atoms with Crippen molar-refractivity contribution in [2.75, 3.05) is 5.32 Å². The van der Waals surface area contributed by atoms with Gasteiger partial charge in [0.2, 0.25) is 5.91 Å². The fraction of sp³-hybridized carbons (Fsp3) is 0.125. The minimum absolute atomic E-state index is 0.0213. The molecule has 0 aromatic heterocycles. The number of nitro benzene ring substituents is 1. The Morgan fingerprint density at radius 2 is 2.20 bits per heavy atom. The zero-order valence-corrected chi connectivity index (χ0v) is 9.92. The van der Waals surface area contributed by atoms with Crippen molar-refractivity contribution in [3.63, 3.8) is 0 Å². The molecule has 1 aromatic rings. The van der Waals surface area contributed by atoms with Gasteiger partial charge in [-0.15, -0.1) is 0 Å². The molecule has 1 N–H and O–H groups in total. The summed E-state index contributed by atoms with van der Waals surface area (Å²) in [6.45, 7) is 1.34. The number of rotatable bonds is 2. The van der Waals surface area contributed by atoms with Gasteiger partial charge in [0.25, 0.3) is 5.69 Å². The molecule has 1 aromatic carbocycles. The highest BCUT2D eigenvalue weighted by Gasteiger charge is 2.15. The van der Waals surface area contributed by atoms with E-state index in [1.807, 2.05) is 0 Å². The van der Waals surface area contributed by atoms with Crippen molar-refractivity contribution >= 4 is 44.8 Å². The number of nitrogens with zero attached hydrogens (tertiary/aromatic N) is 1. The zero-order valence-electron chi connectivity index (χ0n) is 7.58. The van der Waals surface area contributed by atoms with Crippen molar-refractivity contribution in [3.8, 4) is 0 Å². The van der Waals surface area contributed by atoms with E-state index in [2.05, 4.69) is 21.2 Å². The van der Waals surface area contributed by atoms with Crippen LogP contribution in [0.4, 0.5) is 11.4 Å². The van der Waals surface area contributed by atoms with Gasteiger partial charge in [0.15, 0.2) is 0 Å². The molecule has 0 radical (unpaired) electrons. The summed E-state index contributed by atoms with van der Waals surface area (Å²) in [6.07, 6.45) is 0. The van der Waals surface area contributed by atoms with E-state index >= 15 is 0 Å². The lowest BCUT2D eigenvalue weighted by Crippen LogP contribution is -2.06. The first-order valence-electron chi connectivity index (χ1n) is 3.83. The number of halogens is 2. The first-order valence-corrected chi connectivity index (χ1v) is 5.00. The Balaban J connectivity index is 3.19. The van der Waals surface area contributed by atoms with Crippen LogP contribution < -0.4 is 5.32 Å². The summed E-state index contributed by atoms with van der Waals surface area (Å²) in [5.74, 6) is -0.277. The van der Waals surface area contributed by atoms with Crippen molar-refractivity contribution in [3.05, 3.63) is 31.7 Å². The highest BCUT2D eigenvalue weighted by molar-refractivity contribution is 9.10. The maximum absolute atomic E-state index is 10.8. The standard InChI is InChI=1S/C8H6BrClN2O3/c1-4(13)11-7-3-6(10)8(12(14)15)2-5(7)9/h2-3H,1H3,(H,11,13). The number of carbonyl (C=O) groups is 1. The van der Waals surface area contributed by atoms with E-state index in [9.17, 15) is 14.9 Å². The lowest BCUT2D eigenvalue weighted by molar-refractivity contribution is -0.384. The normalized spacial score (nSPS) is 9.80. The maximum Gasteiger partial charge on any atom is 0.289 e. The first-order chi connectivity index (χ1) is 6.91. The lowest BCUT2D eigenvalue weighted by Gasteiger charge is -2.05. The average molecular weight is 294 g/mol. The molecule has 0 aliphatic heterocycles. The van der Waals surface area contributed by atoms with Crippen LogP contribution in [-0.2, 0) is 4.79 Å². The molecule has 0 saturated carbocycles. The maximum atomic E-state index is 10.8. The quantitative estimate of drug-likeness (QED) is 0.673. The van der Waals surface area contributed by atoms with Crippen LogP contribution in [0.3, 0.4) is 0 Å². The molecule has 5 nitrogen and oxygen atoms in total. The van der Waals surface area contributed by atoms with Gasteiger partial charge in [-0.25, -0.2) is 0 Å². The van der Waals surface area contributed by atoms with Gasteiger partial charge in [-0.05, 0) is 22.0 Å². The summed E-state index contributed by atoms with van der Waals surface area (Å²) in [5.41, 5.74) is 0.191. The van der Waals surface area contributed by atoms with Crippen LogP contribution in [0, 0.1) is 10.1 Å². The fourth-order valence-corrected chi connectivity index (χ4v) is 1.62. The van der Waals surface area contributed by atoms with Gasteiger partial charge in [-0.3, -0.25) is 14.9 Å². The highest BCUT2D eigenvalue weighted by atomic mass is 79.9. The number of hydrogen-bond acceptors (Lipinski definition) is 3. The molecule has 1 rings (SSSR count). The van der Waals surface area contributed by atoms with Crippen molar-refractivity contribution in [1.82, 2.24) is 0 Å². The molecular formula is C8H6BrClN2O3. The summed E-state index contributed by atoms with van der Waals surface area (Å²) >= 11 is 8.77. The number of hydrogen-bond donors (Lipinski definition) is 1. The third-order valence-electron chi connectivity index (χ3n) is 1.54. The van der Waals surface area contributed by atoms with Gasteiger partial charge in [-0.2, -0.15) is 0 Å². The molecule has 80 valence electrons. The van der Waals surface area contributed by atoms with Crippen molar-refractivity contribution < 1.29 is 9.72 Å². The second-order valence-corrected chi connectivity index (χ2v) is 3.98. The van der Waals surface area contributed by atoms with Crippen LogP contribution in [-0.4, -0.2) is 10.8 Å². The Morgan fingerprint density at radius 1 is 1.60 bits per heavy atom. The summed E-state index contributed by atoms with van der Waals surface area (Å²) in [7, 11) is 0. The molecule has 0 heterocycles. The van der Waals surface area contributed by atoms with E-state index in [0.29, 0.717) is 10.2 Å². The van der Waals surface area contributed by atoms with Gasteiger partial charge < -0.3 is 5.32 Å². The molecule has 7 heteroatoms. The summed E-state index contributed by atoms with van der Waals surface area (Å²) < 4.78 is 0.411. The Bertz CT molecular complexity index is 436. The van der Waals surface area contributed by atoms with Crippen LogP contribution in [0.2, 0.25) is 5.02 Å². The summed E-state index contributed by atoms with van der Waals surface area (Å²) in [6, 6.07) is 2.57.